The van der Waals surface area contributed by atoms with Gasteiger partial charge in [-0.3, -0.25) is 0 Å². The molecule has 0 aliphatic carbocycles. The van der Waals surface area contributed by atoms with E-state index < -0.39 is 0 Å². The fraction of sp³-hybridized carbons (Fsp3) is 0. The molecular formula is C16H8S4. The molecule has 0 unspecified atom stereocenters. The van der Waals surface area contributed by atoms with Crippen molar-refractivity contribution in [1.82, 2.24) is 0 Å². The van der Waals surface area contributed by atoms with Crippen LogP contribution < -0.4 is 0 Å². The molecule has 20 heavy (non-hydrogen) atoms. The minimum atomic E-state index is 0.934. The van der Waals surface area contributed by atoms with Gasteiger partial charge in [-0.2, -0.15) is 0 Å². The average molecular weight is 329 g/mol. The van der Waals surface area contributed by atoms with Crippen LogP contribution in [0.15, 0.2) is 68.1 Å². The molecule has 2 heterocycles. The molecule has 4 rings (SSSR count). The summed E-state index contributed by atoms with van der Waals surface area (Å²) in [7, 11) is 0. The van der Waals surface area contributed by atoms with E-state index in [0.717, 1.165) is 30.7 Å². The zero-order valence-corrected chi connectivity index (χ0v) is 13.5. The smallest absolute Gasteiger partial charge is 0.0612 e. The lowest BCUT2D eigenvalue weighted by Gasteiger charge is -2.02. The fourth-order valence-electron chi connectivity index (χ4n) is 2.34. The lowest BCUT2D eigenvalue weighted by atomic mass is 10.1. The van der Waals surface area contributed by atoms with E-state index >= 15 is 0 Å². The first kappa shape index (κ1) is 12.8. The SMILES string of the molecule is S=C1/C(=C2\Sc3ccccc3C2=S)Sc2ccccc21. The third kappa shape index (κ3) is 1.83. The number of fused-ring (bicyclic) bond motifs is 2. The second-order valence-electron chi connectivity index (χ2n) is 4.51. The molecule has 0 amide bonds. The zero-order chi connectivity index (χ0) is 13.7. The molecule has 0 saturated heterocycles. The van der Waals surface area contributed by atoms with Gasteiger partial charge in [0.1, 0.15) is 0 Å². The summed E-state index contributed by atoms with van der Waals surface area (Å²) < 4.78 is 0. The van der Waals surface area contributed by atoms with E-state index in [4.69, 9.17) is 24.4 Å². The highest BCUT2D eigenvalue weighted by atomic mass is 32.2. The summed E-state index contributed by atoms with van der Waals surface area (Å²) in [5.74, 6) is 0. The van der Waals surface area contributed by atoms with Crippen molar-refractivity contribution in [3.05, 3.63) is 69.5 Å². The molecule has 2 aromatic rings. The predicted molar refractivity (Wildman–Crippen MR) is 95.0 cm³/mol. The number of hydrogen-bond donors (Lipinski definition) is 0. The molecule has 0 radical (unpaired) electrons. The van der Waals surface area contributed by atoms with Crippen molar-refractivity contribution in [2.24, 2.45) is 0 Å². The van der Waals surface area contributed by atoms with Gasteiger partial charge in [0.25, 0.3) is 0 Å². The number of thiocarbonyl (C=S) groups is 2. The van der Waals surface area contributed by atoms with Gasteiger partial charge in [-0.1, -0.05) is 84.4 Å². The van der Waals surface area contributed by atoms with Gasteiger partial charge in [-0.25, -0.2) is 0 Å². The highest BCUT2D eigenvalue weighted by Gasteiger charge is 2.31. The molecule has 0 bridgehead atoms. The summed E-state index contributed by atoms with van der Waals surface area (Å²) in [6.07, 6.45) is 0. The molecule has 2 aromatic carbocycles. The molecule has 0 N–H and O–H groups in total. The Labute approximate surface area is 136 Å². The van der Waals surface area contributed by atoms with E-state index in [0.29, 0.717) is 0 Å². The first-order chi connectivity index (χ1) is 9.75. The maximum absolute atomic E-state index is 5.64. The van der Waals surface area contributed by atoms with E-state index in [1.165, 1.54) is 9.79 Å². The van der Waals surface area contributed by atoms with Crippen molar-refractivity contribution in [2.75, 3.05) is 0 Å². The lowest BCUT2D eigenvalue weighted by molar-refractivity contribution is 1.46. The molecule has 0 atom stereocenters. The van der Waals surface area contributed by atoms with E-state index in [1.807, 2.05) is 12.1 Å². The van der Waals surface area contributed by atoms with E-state index in [1.54, 1.807) is 23.5 Å². The lowest BCUT2D eigenvalue weighted by Crippen LogP contribution is -1.99. The molecule has 96 valence electrons. The molecule has 2 aliphatic heterocycles. The van der Waals surface area contributed by atoms with Gasteiger partial charge in [-0.05, 0) is 12.1 Å². The van der Waals surface area contributed by atoms with Gasteiger partial charge in [0.05, 0.1) is 9.73 Å². The fourth-order valence-corrected chi connectivity index (χ4v) is 5.75. The van der Waals surface area contributed by atoms with Crippen LogP contribution in [0.2, 0.25) is 0 Å². The van der Waals surface area contributed by atoms with Crippen LogP contribution in [0.4, 0.5) is 0 Å². The molecule has 0 fully saturated rings. The maximum atomic E-state index is 5.64. The topological polar surface area (TPSA) is 0 Å². The highest BCUT2D eigenvalue weighted by molar-refractivity contribution is 8.10. The summed E-state index contributed by atoms with van der Waals surface area (Å²) >= 11 is 14.8. The number of benzene rings is 2. The van der Waals surface area contributed by atoms with E-state index in [9.17, 15) is 0 Å². The van der Waals surface area contributed by atoms with E-state index in [-0.39, 0.29) is 0 Å². The minimum absolute atomic E-state index is 0.934. The van der Waals surface area contributed by atoms with Crippen LogP contribution in [0.25, 0.3) is 0 Å². The third-order valence-corrected chi connectivity index (χ3v) is 6.92. The summed E-state index contributed by atoms with van der Waals surface area (Å²) in [6.45, 7) is 0. The van der Waals surface area contributed by atoms with Gasteiger partial charge >= 0.3 is 0 Å². The number of thioether (sulfide) groups is 2. The first-order valence-corrected chi connectivity index (χ1v) is 8.58. The van der Waals surface area contributed by atoms with Gasteiger partial charge in [-0.15, -0.1) is 0 Å². The zero-order valence-electron chi connectivity index (χ0n) is 10.3. The Kier molecular flexibility index (Phi) is 3.07. The monoisotopic (exact) mass is 328 g/mol. The Hall–Kier alpha value is -0.940. The van der Waals surface area contributed by atoms with Crippen molar-refractivity contribution in [2.45, 2.75) is 9.79 Å². The second-order valence-corrected chi connectivity index (χ2v) is 7.43. The molecule has 0 saturated carbocycles. The summed E-state index contributed by atoms with van der Waals surface area (Å²) in [5.41, 5.74) is 2.32. The normalized spacial score (nSPS) is 20.2. The predicted octanol–water partition coefficient (Wildman–Crippen LogP) is 5.25. The quantitative estimate of drug-likeness (QED) is 0.478. The molecule has 0 nitrogen and oxygen atoms in total. The van der Waals surface area contributed by atoms with Crippen LogP contribution in [-0.2, 0) is 0 Å². The van der Waals surface area contributed by atoms with Crippen molar-refractivity contribution in [3.63, 3.8) is 0 Å². The van der Waals surface area contributed by atoms with Crippen LogP contribution in [0.5, 0.6) is 0 Å². The Morgan fingerprint density at radius 1 is 0.600 bits per heavy atom. The van der Waals surface area contributed by atoms with Gasteiger partial charge < -0.3 is 0 Å². The van der Waals surface area contributed by atoms with Crippen LogP contribution in [0.1, 0.15) is 11.1 Å². The van der Waals surface area contributed by atoms with Crippen molar-refractivity contribution in [1.29, 1.82) is 0 Å². The summed E-state index contributed by atoms with van der Waals surface area (Å²) in [6, 6.07) is 16.6. The molecule has 2 aliphatic rings. The van der Waals surface area contributed by atoms with Crippen LogP contribution >= 0.6 is 48.0 Å². The van der Waals surface area contributed by atoms with Crippen molar-refractivity contribution < 1.29 is 0 Å². The van der Waals surface area contributed by atoms with Crippen molar-refractivity contribution >= 4 is 57.7 Å². The number of hydrogen-bond acceptors (Lipinski definition) is 4. The third-order valence-electron chi connectivity index (χ3n) is 3.31. The minimum Gasteiger partial charge on any atom is -0.0866 e. The van der Waals surface area contributed by atoms with Crippen molar-refractivity contribution in [3.8, 4) is 0 Å². The summed E-state index contributed by atoms with van der Waals surface area (Å²) in [5, 5.41) is 0. The van der Waals surface area contributed by atoms with Crippen LogP contribution in [0, 0.1) is 0 Å². The second kappa shape index (κ2) is 4.81. The Morgan fingerprint density at radius 2 is 1.00 bits per heavy atom. The highest BCUT2D eigenvalue weighted by Crippen LogP contribution is 2.50. The van der Waals surface area contributed by atoms with Gasteiger partial charge in [0.2, 0.25) is 0 Å². The Balaban J connectivity index is 1.85. The largest absolute Gasteiger partial charge is 0.0866 e. The number of rotatable bonds is 0. The summed E-state index contributed by atoms with van der Waals surface area (Å²) in [4.78, 5) is 6.63. The van der Waals surface area contributed by atoms with Crippen LogP contribution in [-0.4, -0.2) is 9.73 Å². The van der Waals surface area contributed by atoms with Crippen LogP contribution in [0.3, 0.4) is 0 Å². The Morgan fingerprint density at radius 3 is 1.40 bits per heavy atom. The standard InChI is InChI=1S/C16H8S4/c17-13-9-5-1-3-7-11(9)19-15(13)16-14(18)10-6-2-4-8-12(10)20-16/h1-8H/b16-15+. The molecule has 4 heteroatoms. The van der Waals surface area contributed by atoms with E-state index in [2.05, 4.69) is 36.4 Å². The van der Waals surface area contributed by atoms with Gasteiger partial charge in [0.15, 0.2) is 0 Å². The maximum Gasteiger partial charge on any atom is 0.0612 e. The average Bonchev–Trinajstić information content (AvgIpc) is 2.98. The molecule has 0 spiro atoms. The first-order valence-electron chi connectivity index (χ1n) is 6.13. The van der Waals surface area contributed by atoms with Gasteiger partial charge in [0, 0.05) is 30.7 Å². The molecule has 0 aromatic heterocycles. The number of allylic oxidation sites excluding steroid dienone is 2. The Bertz CT molecular complexity index is 734. The molecular weight excluding hydrogens is 320 g/mol.